The predicted octanol–water partition coefficient (Wildman–Crippen LogP) is 3.20. The molecule has 0 radical (unpaired) electrons. The average molecular weight is 360 g/mol. The van der Waals surface area contributed by atoms with Crippen molar-refractivity contribution in [1.29, 1.82) is 0 Å². The summed E-state index contributed by atoms with van der Waals surface area (Å²) in [6.45, 7) is 7.85. The minimum absolute atomic E-state index is 0.0666. The zero-order chi connectivity index (χ0) is 19.2. The van der Waals surface area contributed by atoms with E-state index in [4.69, 9.17) is 9.47 Å². The number of benzene rings is 1. The molecule has 0 spiro atoms. The molecule has 2 fully saturated rings. The number of carbonyl (C=O) groups excluding carboxylic acids is 2. The smallest absolute Gasteiger partial charge is 0.408 e. The van der Waals surface area contributed by atoms with E-state index in [9.17, 15) is 9.59 Å². The fourth-order valence-corrected chi connectivity index (χ4v) is 3.68. The number of ether oxygens (including phenoxy) is 2. The van der Waals surface area contributed by atoms with Crippen molar-refractivity contribution < 1.29 is 19.1 Å². The fraction of sp³-hybridized carbons (Fsp3) is 0.600. The number of hydrogen-bond acceptors (Lipinski definition) is 4. The Bertz CT molecular complexity index is 704. The molecule has 2 amide bonds. The fourth-order valence-electron chi connectivity index (χ4n) is 3.68. The first-order valence-electron chi connectivity index (χ1n) is 9.03. The van der Waals surface area contributed by atoms with Crippen molar-refractivity contribution in [3.63, 3.8) is 0 Å². The van der Waals surface area contributed by atoms with E-state index in [1.807, 2.05) is 56.9 Å². The van der Waals surface area contributed by atoms with Gasteiger partial charge in [0.1, 0.15) is 11.4 Å². The topological polar surface area (TPSA) is 67.9 Å². The Hall–Kier alpha value is -2.24. The second kappa shape index (κ2) is 6.18. The number of hydrogen-bond donors (Lipinski definition) is 1. The molecule has 1 unspecified atom stereocenters. The van der Waals surface area contributed by atoms with Crippen molar-refractivity contribution >= 4 is 12.0 Å². The summed E-state index contributed by atoms with van der Waals surface area (Å²) >= 11 is 0. The summed E-state index contributed by atoms with van der Waals surface area (Å²) in [6.07, 6.45) is 1.68. The number of amides is 2. The molecule has 1 aliphatic carbocycles. The van der Waals surface area contributed by atoms with Crippen LogP contribution in [0.4, 0.5) is 4.79 Å². The number of rotatable bonds is 4. The van der Waals surface area contributed by atoms with Crippen molar-refractivity contribution in [3.05, 3.63) is 29.8 Å². The van der Waals surface area contributed by atoms with Crippen LogP contribution in [0.15, 0.2) is 24.3 Å². The van der Waals surface area contributed by atoms with Crippen LogP contribution in [0.3, 0.4) is 0 Å². The zero-order valence-electron chi connectivity index (χ0n) is 16.2. The molecule has 1 N–H and O–H groups in total. The number of nitrogens with one attached hydrogen (secondary N) is 1. The zero-order valence-corrected chi connectivity index (χ0v) is 16.2. The standard InChI is InChI=1S/C20H28N2O4/c1-18(2,3)26-17(24)21-19(4)12-16(23)22(13-19)20(10-11-20)14-6-8-15(25-5)9-7-14/h6-9H,10-13H2,1-5H3,(H,21,24). The van der Waals surface area contributed by atoms with Crippen LogP contribution in [0.2, 0.25) is 0 Å². The van der Waals surface area contributed by atoms with Gasteiger partial charge in [0.25, 0.3) is 0 Å². The molecule has 0 aromatic heterocycles. The second-order valence-electron chi connectivity index (χ2n) is 8.60. The monoisotopic (exact) mass is 360 g/mol. The van der Waals surface area contributed by atoms with Crippen molar-refractivity contribution in [1.82, 2.24) is 10.2 Å². The third kappa shape index (κ3) is 3.64. The minimum Gasteiger partial charge on any atom is -0.497 e. The highest BCUT2D eigenvalue weighted by Crippen LogP contribution is 2.53. The maximum absolute atomic E-state index is 12.7. The summed E-state index contributed by atoms with van der Waals surface area (Å²) in [6, 6.07) is 7.90. The lowest BCUT2D eigenvalue weighted by Gasteiger charge is -2.32. The Morgan fingerprint density at radius 1 is 1.19 bits per heavy atom. The first-order valence-corrected chi connectivity index (χ1v) is 9.03. The molecule has 3 rings (SSSR count). The van der Waals surface area contributed by atoms with Crippen LogP contribution in [0.1, 0.15) is 52.5 Å². The van der Waals surface area contributed by atoms with Gasteiger partial charge in [-0.1, -0.05) is 12.1 Å². The van der Waals surface area contributed by atoms with Gasteiger partial charge < -0.3 is 19.7 Å². The number of carbonyl (C=O) groups is 2. The molecule has 1 atom stereocenters. The maximum Gasteiger partial charge on any atom is 0.408 e. The van der Waals surface area contributed by atoms with Crippen LogP contribution in [0.5, 0.6) is 5.75 Å². The molecule has 2 aliphatic rings. The van der Waals surface area contributed by atoms with E-state index in [-0.39, 0.29) is 17.9 Å². The Labute approximate surface area is 154 Å². The summed E-state index contributed by atoms with van der Waals surface area (Å²) in [7, 11) is 1.64. The first kappa shape index (κ1) is 18.5. The van der Waals surface area contributed by atoms with Crippen molar-refractivity contribution in [2.24, 2.45) is 0 Å². The van der Waals surface area contributed by atoms with Crippen LogP contribution in [-0.2, 0) is 15.1 Å². The summed E-state index contributed by atoms with van der Waals surface area (Å²) in [5, 5.41) is 2.90. The molecule has 142 valence electrons. The van der Waals surface area contributed by atoms with E-state index in [2.05, 4.69) is 5.32 Å². The van der Waals surface area contributed by atoms with E-state index in [1.54, 1.807) is 7.11 Å². The van der Waals surface area contributed by atoms with Gasteiger partial charge in [-0.05, 0) is 58.2 Å². The Morgan fingerprint density at radius 3 is 2.31 bits per heavy atom. The molecule has 6 heteroatoms. The lowest BCUT2D eigenvalue weighted by atomic mass is 10.0. The molecule has 1 aromatic rings. The maximum atomic E-state index is 12.7. The van der Waals surface area contributed by atoms with Crippen molar-refractivity contribution in [2.75, 3.05) is 13.7 Å². The van der Waals surface area contributed by atoms with Crippen LogP contribution in [-0.4, -0.2) is 41.7 Å². The van der Waals surface area contributed by atoms with Gasteiger partial charge in [-0.3, -0.25) is 4.79 Å². The van der Waals surface area contributed by atoms with Gasteiger partial charge in [-0.25, -0.2) is 4.79 Å². The highest BCUT2D eigenvalue weighted by atomic mass is 16.6. The van der Waals surface area contributed by atoms with Gasteiger partial charge in [0.05, 0.1) is 24.6 Å². The molecule has 1 saturated carbocycles. The first-order chi connectivity index (χ1) is 12.1. The van der Waals surface area contributed by atoms with Gasteiger partial charge in [-0.15, -0.1) is 0 Å². The lowest BCUT2D eigenvalue weighted by Crippen LogP contribution is -2.50. The largest absolute Gasteiger partial charge is 0.497 e. The molecule has 0 bridgehead atoms. The number of alkyl carbamates (subject to hydrolysis) is 1. The van der Waals surface area contributed by atoms with Crippen LogP contribution in [0.25, 0.3) is 0 Å². The normalized spacial score (nSPS) is 24.3. The SMILES string of the molecule is COc1ccc(C2(N3CC(C)(NC(=O)OC(C)(C)C)CC3=O)CC2)cc1. The summed E-state index contributed by atoms with van der Waals surface area (Å²) < 4.78 is 10.6. The average Bonchev–Trinajstić information content (AvgIpc) is 3.26. The van der Waals surface area contributed by atoms with Crippen LogP contribution in [0, 0.1) is 0 Å². The molecule has 1 aromatic carbocycles. The van der Waals surface area contributed by atoms with Gasteiger partial charge >= 0.3 is 6.09 Å². The molecule has 1 aliphatic heterocycles. The van der Waals surface area contributed by atoms with Gasteiger partial charge in [0, 0.05) is 6.54 Å². The lowest BCUT2D eigenvalue weighted by molar-refractivity contribution is -0.130. The Kier molecular flexibility index (Phi) is 4.41. The molecule has 1 heterocycles. The molecular weight excluding hydrogens is 332 g/mol. The van der Waals surface area contributed by atoms with Crippen molar-refractivity contribution in [3.8, 4) is 5.75 Å². The highest BCUT2D eigenvalue weighted by molar-refractivity contribution is 5.83. The Morgan fingerprint density at radius 2 is 1.81 bits per heavy atom. The highest BCUT2D eigenvalue weighted by Gasteiger charge is 2.56. The van der Waals surface area contributed by atoms with Crippen molar-refractivity contribution in [2.45, 2.75) is 63.6 Å². The van der Waals surface area contributed by atoms with E-state index in [1.165, 1.54) is 0 Å². The molecule has 26 heavy (non-hydrogen) atoms. The van der Waals surface area contributed by atoms with E-state index >= 15 is 0 Å². The predicted molar refractivity (Wildman–Crippen MR) is 98.0 cm³/mol. The summed E-state index contributed by atoms with van der Waals surface area (Å²) in [4.78, 5) is 26.8. The number of methoxy groups -OCH3 is 1. The number of likely N-dealkylation sites (tertiary alicyclic amines) is 1. The second-order valence-corrected chi connectivity index (χ2v) is 8.60. The van der Waals surface area contributed by atoms with Crippen LogP contribution < -0.4 is 10.1 Å². The van der Waals surface area contributed by atoms with Gasteiger partial charge in [0.2, 0.25) is 5.91 Å². The number of nitrogens with zero attached hydrogens (tertiary/aromatic N) is 1. The van der Waals surface area contributed by atoms with E-state index in [0.717, 1.165) is 24.2 Å². The summed E-state index contributed by atoms with van der Waals surface area (Å²) in [5.74, 6) is 0.866. The third-order valence-corrected chi connectivity index (χ3v) is 5.02. The van der Waals surface area contributed by atoms with E-state index in [0.29, 0.717) is 6.54 Å². The van der Waals surface area contributed by atoms with E-state index < -0.39 is 17.2 Å². The quantitative estimate of drug-likeness (QED) is 0.895. The van der Waals surface area contributed by atoms with Gasteiger partial charge in [-0.2, -0.15) is 0 Å². The molecule has 6 nitrogen and oxygen atoms in total. The summed E-state index contributed by atoms with van der Waals surface area (Å²) in [5.41, 5.74) is -0.324. The Balaban J connectivity index is 1.73. The molecular formula is C20H28N2O4. The third-order valence-electron chi connectivity index (χ3n) is 5.02. The van der Waals surface area contributed by atoms with Gasteiger partial charge in [0.15, 0.2) is 0 Å². The minimum atomic E-state index is -0.624. The van der Waals surface area contributed by atoms with Crippen LogP contribution >= 0.6 is 0 Å². The molecule has 1 saturated heterocycles.